The van der Waals surface area contributed by atoms with Gasteiger partial charge in [0.25, 0.3) is 11.8 Å². The molecule has 5 rings (SSSR count). The van der Waals surface area contributed by atoms with E-state index in [4.69, 9.17) is 10.6 Å². The van der Waals surface area contributed by atoms with E-state index in [1.165, 1.54) is 28.9 Å². The first-order chi connectivity index (χ1) is 17.9. The van der Waals surface area contributed by atoms with Crippen molar-refractivity contribution in [2.24, 2.45) is 5.16 Å². The van der Waals surface area contributed by atoms with Crippen LogP contribution in [-0.4, -0.2) is 66.7 Å². The number of anilines is 1. The zero-order chi connectivity index (χ0) is 25.9. The van der Waals surface area contributed by atoms with E-state index in [2.05, 4.69) is 20.4 Å². The van der Waals surface area contributed by atoms with Crippen LogP contribution in [0.25, 0.3) is 0 Å². The fourth-order valence-electron chi connectivity index (χ4n) is 4.57. The van der Waals surface area contributed by atoms with Crippen molar-refractivity contribution in [3.8, 4) is 0 Å². The molecule has 1 unspecified atom stereocenters. The molecule has 1 saturated heterocycles. The van der Waals surface area contributed by atoms with Crippen LogP contribution >= 0.6 is 11.8 Å². The molecule has 0 radical (unpaired) electrons. The Labute approximate surface area is 216 Å². The lowest BCUT2D eigenvalue weighted by atomic mass is 10.0. The third kappa shape index (κ3) is 5.12. The highest BCUT2D eigenvalue weighted by Crippen LogP contribution is 2.40. The third-order valence-corrected chi connectivity index (χ3v) is 7.73. The number of hydrogen-bond donors (Lipinski definition) is 3. The van der Waals surface area contributed by atoms with Crippen molar-refractivity contribution >= 4 is 41.1 Å². The molecule has 3 aliphatic rings. The van der Waals surface area contributed by atoms with Gasteiger partial charge in [0, 0.05) is 29.7 Å². The number of nitrogens with two attached hydrogens (primary N) is 1. The molecule has 2 fully saturated rings. The highest BCUT2D eigenvalue weighted by Gasteiger charge is 2.54. The van der Waals surface area contributed by atoms with Gasteiger partial charge >= 0.3 is 5.97 Å². The molecule has 1 saturated carbocycles. The summed E-state index contributed by atoms with van der Waals surface area (Å²) in [5, 5.41) is 16.1. The summed E-state index contributed by atoms with van der Waals surface area (Å²) in [5.41, 5.74) is 6.14. The van der Waals surface area contributed by atoms with Crippen molar-refractivity contribution in [2.75, 3.05) is 11.5 Å². The standard InChI is InChI=1S/C24H25N7O5S/c25-16-8-9-26-20(27-16)17(29-36-15-6-2-3-7-15)21(32)28-18-22(33)31-19(24(34)35)14(13-37-23(18)31)12-30-10-4-1-5-11-30/h1,4-5,8-11,15,18,23H,2-3,6-7,12-13H2,(H3-,25,26,27,28,32,34,35)/p+1/b29-17-/t18?,23-/m1/s1. The van der Waals surface area contributed by atoms with Gasteiger partial charge < -0.3 is 21.0 Å². The van der Waals surface area contributed by atoms with Gasteiger partial charge in [-0.15, -0.1) is 11.8 Å². The number of nitrogens with one attached hydrogen (secondary N) is 1. The summed E-state index contributed by atoms with van der Waals surface area (Å²) in [7, 11) is 0. The maximum atomic E-state index is 13.2. The Morgan fingerprint density at radius 2 is 2.03 bits per heavy atom. The summed E-state index contributed by atoms with van der Waals surface area (Å²) < 4.78 is 1.85. The van der Waals surface area contributed by atoms with Gasteiger partial charge in [0.2, 0.25) is 5.71 Å². The first-order valence-electron chi connectivity index (χ1n) is 11.9. The van der Waals surface area contributed by atoms with Crippen LogP contribution in [0.3, 0.4) is 0 Å². The number of carboxylic acid groups (broad SMARTS) is 1. The molecule has 13 heteroatoms. The number of aromatic nitrogens is 3. The van der Waals surface area contributed by atoms with E-state index in [-0.39, 0.29) is 29.2 Å². The summed E-state index contributed by atoms with van der Waals surface area (Å²) in [6.07, 6.45) is 8.66. The number of aliphatic carboxylic acids is 1. The van der Waals surface area contributed by atoms with Crippen LogP contribution in [0, 0.1) is 0 Å². The van der Waals surface area contributed by atoms with Crippen molar-refractivity contribution in [1.82, 2.24) is 20.2 Å². The molecule has 1 aliphatic carbocycles. The maximum Gasteiger partial charge on any atom is 0.352 e. The van der Waals surface area contributed by atoms with E-state index >= 15 is 0 Å². The average Bonchev–Trinajstić information content (AvgIpc) is 3.41. The number of pyridine rings is 1. The molecule has 2 aromatic rings. The molecular formula is C24H26N7O5S+. The van der Waals surface area contributed by atoms with Gasteiger partial charge in [-0.05, 0) is 31.7 Å². The number of fused-ring (bicyclic) bond motifs is 1. The Balaban J connectivity index is 1.35. The number of hydrogen-bond acceptors (Lipinski definition) is 9. The van der Waals surface area contributed by atoms with Gasteiger partial charge in [0.1, 0.15) is 29.0 Å². The van der Waals surface area contributed by atoms with E-state index in [0.717, 1.165) is 25.7 Å². The number of thioether (sulfide) groups is 1. The van der Waals surface area contributed by atoms with Crippen LogP contribution in [0.1, 0.15) is 31.5 Å². The second-order valence-corrected chi connectivity index (χ2v) is 10.0. The SMILES string of the molecule is Nc1ccnc(/C(=N/OC2CCCC2)C(=O)NC2C(=O)N3C(C(=O)O)=C(C[n+]4ccccc4)CS[C@H]23)n1. The average molecular weight is 525 g/mol. The van der Waals surface area contributed by atoms with Gasteiger partial charge in [0.15, 0.2) is 24.8 Å². The van der Waals surface area contributed by atoms with E-state index in [1.807, 2.05) is 35.2 Å². The normalized spacial score (nSPS) is 21.9. The zero-order valence-corrected chi connectivity index (χ0v) is 20.6. The van der Waals surface area contributed by atoms with Crippen LogP contribution in [0.2, 0.25) is 0 Å². The monoisotopic (exact) mass is 524 g/mol. The summed E-state index contributed by atoms with van der Waals surface area (Å²) in [4.78, 5) is 53.5. The van der Waals surface area contributed by atoms with Crippen LogP contribution in [0.5, 0.6) is 0 Å². The fraction of sp³-hybridized carbons (Fsp3) is 0.375. The third-order valence-electron chi connectivity index (χ3n) is 6.39. The van der Waals surface area contributed by atoms with Crippen molar-refractivity contribution in [2.45, 2.75) is 49.7 Å². The summed E-state index contributed by atoms with van der Waals surface area (Å²) in [6, 6.07) is 6.11. The molecule has 0 bridgehead atoms. The van der Waals surface area contributed by atoms with E-state index in [1.54, 1.807) is 0 Å². The molecule has 2 amide bonds. The Morgan fingerprint density at radius 1 is 1.27 bits per heavy atom. The molecule has 2 aliphatic heterocycles. The number of β-lactam (4-membered cyclic amide) rings is 1. The number of nitrogens with zero attached hydrogens (tertiary/aromatic N) is 5. The predicted octanol–water partition coefficient (Wildman–Crippen LogP) is 0.448. The van der Waals surface area contributed by atoms with Crippen LogP contribution < -0.4 is 15.6 Å². The lowest BCUT2D eigenvalue weighted by Gasteiger charge is -2.49. The number of carbonyl (C=O) groups is 3. The molecule has 4 heterocycles. The summed E-state index contributed by atoms with van der Waals surface area (Å²) in [5.74, 6) is -1.87. The molecule has 12 nitrogen and oxygen atoms in total. The molecule has 2 aromatic heterocycles. The van der Waals surface area contributed by atoms with Crippen LogP contribution in [0.15, 0.2) is 59.3 Å². The quantitative estimate of drug-likeness (QED) is 0.192. The lowest BCUT2D eigenvalue weighted by Crippen LogP contribution is -2.71. The molecular weight excluding hydrogens is 498 g/mol. The number of carbonyl (C=O) groups excluding carboxylic acids is 2. The highest BCUT2D eigenvalue weighted by atomic mass is 32.2. The second-order valence-electron chi connectivity index (χ2n) is 8.92. The number of rotatable bonds is 8. The van der Waals surface area contributed by atoms with Gasteiger partial charge in [0.05, 0.1) is 0 Å². The zero-order valence-electron chi connectivity index (χ0n) is 19.8. The van der Waals surface area contributed by atoms with Gasteiger partial charge in [-0.25, -0.2) is 19.3 Å². The van der Waals surface area contributed by atoms with Crippen molar-refractivity contribution in [1.29, 1.82) is 0 Å². The maximum absolute atomic E-state index is 13.2. The topological polar surface area (TPSA) is 164 Å². The Hall–Kier alpha value is -4.00. The minimum Gasteiger partial charge on any atom is -0.477 e. The summed E-state index contributed by atoms with van der Waals surface area (Å²) in [6.45, 7) is 0.338. The van der Waals surface area contributed by atoms with Crippen molar-refractivity contribution < 1.29 is 28.9 Å². The van der Waals surface area contributed by atoms with E-state index in [9.17, 15) is 19.5 Å². The molecule has 0 aromatic carbocycles. The lowest BCUT2D eigenvalue weighted by molar-refractivity contribution is -0.689. The second kappa shape index (κ2) is 10.5. The minimum atomic E-state index is -1.18. The first-order valence-corrected chi connectivity index (χ1v) is 12.9. The Morgan fingerprint density at radius 3 is 2.73 bits per heavy atom. The predicted molar refractivity (Wildman–Crippen MR) is 133 cm³/mol. The molecule has 192 valence electrons. The van der Waals surface area contributed by atoms with Crippen molar-refractivity contribution in [3.63, 3.8) is 0 Å². The fourth-order valence-corrected chi connectivity index (χ4v) is 5.90. The first kappa shape index (κ1) is 24.7. The minimum absolute atomic E-state index is 0.0243. The van der Waals surface area contributed by atoms with E-state index in [0.29, 0.717) is 17.9 Å². The number of amides is 2. The van der Waals surface area contributed by atoms with Gasteiger partial charge in [-0.1, -0.05) is 11.2 Å². The van der Waals surface area contributed by atoms with Gasteiger partial charge in [-0.2, -0.15) is 0 Å². The number of carboxylic acids is 1. The number of oxime groups is 1. The molecule has 37 heavy (non-hydrogen) atoms. The largest absolute Gasteiger partial charge is 0.477 e. The van der Waals surface area contributed by atoms with Crippen LogP contribution in [0.4, 0.5) is 5.82 Å². The Bertz CT molecular complexity index is 1280. The Kier molecular flexibility index (Phi) is 7.04. The van der Waals surface area contributed by atoms with Crippen molar-refractivity contribution in [3.05, 3.63) is 60.0 Å². The van der Waals surface area contributed by atoms with Gasteiger partial charge in [-0.3, -0.25) is 14.5 Å². The molecule has 4 N–H and O–H groups in total. The number of nitrogen functional groups attached to an aromatic ring is 1. The van der Waals surface area contributed by atoms with Crippen LogP contribution in [-0.2, 0) is 25.8 Å². The van der Waals surface area contributed by atoms with E-state index < -0.39 is 29.2 Å². The summed E-state index contributed by atoms with van der Waals surface area (Å²) >= 11 is 1.39. The molecule has 2 atom stereocenters. The highest BCUT2D eigenvalue weighted by molar-refractivity contribution is 8.00. The smallest absolute Gasteiger partial charge is 0.352 e. The molecule has 0 spiro atoms.